The minimum atomic E-state index is 0.450. The third-order valence-electron chi connectivity index (χ3n) is 3.23. The number of hydrogen-bond donors (Lipinski definition) is 1. The molecule has 0 radical (unpaired) electrons. The zero-order valence-electron chi connectivity index (χ0n) is 12.5. The van der Waals surface area contributed by atoms with Gasteiger partial charge in [0.1, 0.15) is 0 Å². The Hall–Kier alpha value is -0.770. The molecule has 1 unspecified atom stereocenters. The number of rotatable bonds is 7. The van der Waals surface area contributed by atoms with E-state index in [9.17, 15) is 0 Å². The van der Waals surface area contributed by atoms with Gasteiger partial charge in [-0.3, -0.25) is 0 Å². The van der Waals surface area contributed by atoms with Crippen LogP contribution in [0.1, 0.15) is 35.4 Å². The summed E-state index contributed by atoms with van der Waals surface area (Å²) in [4.78, 5) is 2.74. The summed E-state index contributed by atoms with van der Waals surface area (Å²) in [6, 6.07) is 11.6. The van der Waals surface area contributed by atoms with Gasteiger partial charge in [0.2, 0.25) is 0 Å². The lowest BCUT2D eigenvalue weighted by molar-refractivity contribution is 0.579. The topological polar surface area (TPSA) is 12.0 Å². The summed E-state index contributed by atoms with van der Waals surface area (Å²) in [6.45, 7) is 7.61. The van der Waals surface area contributed by atoms with E-state index in [2.05, 4.69) is 61.8 Å². The molecular weight excluding hydrogens is 282 g/mol. The van der Waals surface area contributed by atoms with Crippen LogP contribution in [0.5, 0.6) is 0 Å². The van der Waals surface area contributed by atoms with Crippen molar-refractivity contribution in [2.45, 2.75) is 38.1 Å². The molecule has 1 atom stereocenters. The maximum atomic E-state index is 3.67. The van der Waals surface area contributed by atoms with Crippen LogP contribution in [-0.2, 0) is 0 Å². The summed E-state index contributed by atoms with van der Waals surface area (Å²) >= 11 is 3.77. The van der Waals surface area contributed by atoms with Gasteiger partial charge in [0.25, 0.3) is 0 Å². The van der Waals surface area contributed by atoms with Crippen molar-refractivity contribution in [1.82, 2.24) is 5.32 Å². The molecule has 0 amide bonds. The van der Waals surface area contributed by atoms with E-state index in [-0.39, 0.29) is 0 Å². The van der Waals surface area contributed by atoms with Gasteiger partial charge in [-0.15, -0.1) is 23.1 Å². The molecule has 108 valence electrons. The van der Waals surface area contributed by atoms with Gasteiger partial charge in [-0.1, -0.05) is 24.6 Å². The Morgan fingerprint density at radius 3 is 2.55 bits per heavy atom. The minimum Gasteiger partial charge on any atom is -0.309 e. The highest BCUT2D eigenvalue weighted by Crippen LogP contribution is 2.27. The fraction of sp³-hybridized carbons (Fsp3) is 0.412. The molecule has 0 aliphatic carbocycles. The normalized spacial score (nSPS) is 12.6. The van der Waals surface area contributed by atoms with Crippen molar-refractivity contribution in [1.29, 1.82) is 0 Å². The Labute approximate surface area is 130 Å². The summed E-state index contributed by atoms with van der Waals surface area (Å²) in [7, 11) is 0. The van der Waals surface area contributed by atoms with Crippen LogP contribution in [-0.4, -0.2) is 12.3 Å². The first-order valence-electron chi connectivity index (χ1n) is 7.17. The molecule has 3 heteroatoms. The van der Waals surface area contributed by atoms with E-state index in [0.29, 0.717) is 6.04 Å². The maximum Gasteiger partial charge on any atom is 0.0423 e. The molecule has 0 aliphatic rings. The van der Waals surface area contributed by atoms with E-state index in [4.69, 9.17) is 0 Å². The average Bonchev–Trinajstić information content (AvgIpc) is 2.87. The molecule has 0 fully saturated rings. The molecule has 2 rings (SSSR count). The first-order valence-corrected chi connectivity index (χ1v) is 9.03. The molecule has 0 spiro atoms. The number of hydrogen-bond acceptors (Lipinski definition) is 3. The van der Waals surface area contributed by atoms with E-state index < -0.39 is 0 Å². The van der Waals surface area contributed by atoms with E-state index >= 15 is 0 Å². The van der Waals surface area contributed by atoms with Gasteiger partial charge in [0.05, 0.1) is 0 Å². The van der Waals surface area contributed by atoms with Gasteiger partial charge < -0.3 is 5.32 Å². The number of aryl methyl sites for hydroxylation is 2. The molecule has 20 heavy (non-hydrogen) atoms. The van der Waals surface area contributed by atoms with Gasteiger partial charge in [-0.25, -0.2) is 0 Å². The Morgan fingerprint density at radius 2 is 1.95 bits per heavy atom. The summed E-state index contributed by atoms with van der Waals surface area (Å²) < 4.78 is 0. The van der Waals surface area contributed by atoms with Crippen LogP contribution in [0.25, 0.3) is 0 Å². The predicted octanol–water partition coefficient (Wildman–Crippen LogP) is 5.20. The Balaban J connectivity index is 1.98. The van der Waals surface area contributed by atoms with Crippen LogP contribution in [0.15, 0.2) is 40.6 Å². The Kier molecular flexibility index (Phi) is 6.14. The number of nitrogens with one attached hydrogen (secondary N) is 1. The molecule has 0 saturated carbocycles. The Bertz CT molecular complexity index is 516. The second-order valence-corrected chi connectivity index (χ2v) is 7.33. The third kappa shape index (κ3) is 4.65. The fourth-order valence-electron chi connectivity index (χ4n) is 2.05. The van der Waals surface area contributed by atoms with Crippen molar-refractivity contribution < 1.29 is 0 Å². The summed E-state index contributed by atoms with van der Waals surface area (Å²) in [5.41, 5.74) is 2.75. The molecule has 1 nitrogen and oxygen atoms in total. The van der Waals surface area contributed by atoms with E-state index in [0.717, 1.165) is 12.3 Å². The minimum absolute atomic E-state index is 0.450. The zero-order valence-corrected chi connectivity index (χ0v) is 14.1. The van der Waals surface area contributed by atoms with Crippen molar-refractivity contribution in [2.75, 3.05) is 12.3 Å². The third-order valence-corrected chi connectivity index (χ3v) is 5.22. The second kappa shape index (κ2) is 7.87. The lowest BCUT2D eigenvalue weighted by atomic mass is 10.1. The van der Waals surface area contributed by atoms with Crippen LogP contribution in [0, 0.1) is 13.8 Å². The molecule has 1 aromatic carbocycles. The zero-order chi connectivity index (χ0) is 14.4. The van der Waals surface area contributed by atoms with Gasteiger partial charge in [-0.2, -0.15) is 0 Å². The highest BCUT2D eigenvalue weighted by atomic mass is 32.2. The summed E-state index contributed by atoms with van der Waals surface area (Å²) in [6.07, 6.45) is 1.18. The molecule has 2 aromatic rings. The molecule has 0 saturated heterocycles. The van der Waals surface area contributed by atoms with E-state index in [1.165, 1.54) is 27.3 Å². The first kappa shape index (κ1) is 15.6. The fourth-order valence-corrected chi connectivity index (χ4v) is 3.81. The highest BCUT2D eigenvalue weighted by molar-refractivity contribution is 7.99. The summed E-state index contributed by atoms with van der Waals surface area (Å²) in [5.74, 6) is 1.08. The van der Waals surface area contributed by atoms with Crippen LogP contribution >= 0.6 is 23.1 Å². The molecule has 1 N–H and O–H groups in total. The van der Waals surface area contributed by atoms with Gasteiger partial charge in [-0.05, 0) is 56.0 Å². The SMILES string of the molecule is CCCNC(CSc1ccc(C)cc1)c1csc(C)c1. The van der Waals surface area contributed by atoms with Gasteiger partial charge in [0, 0.05) is 21.6 Å². The first-order chi connectivity index (χ1) is 9.69. The van der Waals surface area contributed by atoms with Crippen LogP contribution in [0.3, 0.4) is 0 Å². The van der Waals surface area contributed by atoms with Crippen molar-refractivity contribution in [2.24, 2.45) is 0 Å². The van der Waals surface area contributed by atoms with Crippen LogP contribution < -0.4 is 5.32 Å². The monoisotopic (exact) mass is 305 g/mol. The quantitative estimate of drug-likeness (QED) is 0.706. The summed E-state index contributed by atoms with van der Waals surface area (Å²) in [5, 5.41) is 5.96. The van der Waals surface area contributed by atoms with Crippen molar-refractivity contribution >= 4 is 23.1 Å². The van der Waals surface area contributed by atoms with E-state index in [1.807, 2.05) is 23.1 Å². The predicted molar refractivity (Wildman–Crippen MR) is 92.0 cm³/mol. The number of thioether (sulfide) groups is 1. The lowest BCUT2D eigenvalue weighted by Crippen LogP contribution is -2.23. The highest BCUT2D eigenvalue weighted by Gasteiger charge is 2.12. The number of thiophene rings is 1. The van der Waals surface area contributed by atoms with Crippen molar-refractivity contribution in [3.63, 3.8) is 0 Å². The standard InChI is InChI=1S/C17H23NS2/c1-4-9-18-17(15-10-14(3)19-11-15)12-20-16-7-5-13(2)6-8-16/h5-8,10-11,17-18H,4,9,12H2,1-3H3. The largest absolute Gasteiger partial charge is 0.309 e. The van der Waals surface area contributed by atoms with Crippen LogP contribution in [0.2, 0.25) is 0 Å². The Morgan fingerprint density at radius 1 is 1.20 bits per heavy atom. The van der Waals surface area contributed by atoms with Gasteiger partial charge in [0.15, 0.2) is 0 Å². The van der Waals surface area contributed by atoms with Crippen molar-refractivity contribution in [3.05, 3.63) is 51.7 Å². The second-order valence-electron chi connectivity index (χ2n) is 5.12. The molecule has 0 bridgehead atoms. The lowest BCUT2D eigenvalue weighted by Gasteiger charge is -2.17. The molecular formula is C17H23NS2. The molecule has 1 aromatic heterocycles. The molecule has 0 aliphatic heterocycles. The number of benzene rings is 1. The van der Waals surface area contributed by atoms with Crippen molar-refractivity contribution in [3.8, 4) is 0 Å². The van der Waals surface area contributed by atoms with Gasteiger partial charge >= 0.3 is 0 Å². The maximum absolute atomic E-state index is 3.67. The average molecular weight is 306 g/mol. The van der Waals surface area contributed by atoms with Crippen LogP contribution in [0.4, 0.5) is 0 Å². The molecule has 1 heterocycles. The smallest absolute Gasteiger partial charge is 0.0423 e. The van der Waals surface area contributed by atoms with E-state index in [1.54, 1.807) is 0 Å².